The van der Waals surface area contributed by atoms with Gasteiger partial charge in [-0.25, -0.2) is 0 Å². The molecule has 0 bridgehead atoms. The molecule has 0 radical (unpaired) electrons. The molecule has 4 heteroatoms. The zero-order valence-electron chi connectivity index (χ0n) is 9.61. The van der Waals surface area contributed by atoms with Crippen molar-refractivity contribution in [3.05, 3.63) is 0 Å². The van der Waals surface area contributed by atoms with E-state index in [1.54, 1.807) is 0 Å². The molecule has 0 aromatic rings. The van der Waals surface area contributed by atoms with Gasteiger partial charge in [0.2, 0.25) is 0 Å². The van der Waals surface area contributed by atoms with E-state index in [0.29, 0.717) is 13.2 Å². The SMILES string of the molecule is OC1(C2CCCO2)CCC2(CC1)OCCO2. The number of aliphatic hydroxyl groups is 1. The van der Waals surface area contributed by atoms with E-state index in [2.05, 4.69) is 0 Å². The Morgan fingerprint density at radius 1 is 0.938 bits per heavy atom. The van der Waals surface area contributed by atoms with Gasteiger partial charge in [0.05, 0.1) is 24.9 Å². The van der Waals surface area contributed by atoms with Gasteiger partial charge in [-0.05, 0) is 25.7 Å². The first-order chi connectivity index (χ1) is 7.73. The lowest BCUT2D eigenvalue weighted by Crippen LogP contribution is -2.50. The first-order valence-electron chi connectivity index (χ1n) is 6.34. The number of hydrogen-bond donors (Lipinski definition) is 1. The fourth-order valence-electron chi connectivity index (χ4n) is 3.17. The summed E-state index contributed by atoms with van der Waals surface area (Å²) in [5.41, 5.74) is -0.642. The number of rotatable bonds is 1. The smallest absolute Gasteiger partial charge is 0.168 e. The predicted octanol–water partition coefficient (Wildman–Crippen LogP) is 1.21. The summed E-state index contributed by atoms with van der Waals surface area (Å²) < 4.78 is 16.9. The van der Waals surface area contributed by atoms with E-state index in [0.717, 1.165) is 45.1 Å². The highest BCUT2D eigenvalue weighted by atomic mass is 16.7. The van der Waals surface area contributed by atoms with Gasteiger partial charge >= 0.3 is 0 Å². The second kappa shape index (κ2) is 3.95. The fourth-order valence-corrected chi connectivity index (χ4v) is 3.17. The highest BCUT2D eigenvalue weighted by molar-refractivity contribution is 4.97. The van der Waals surface area contributed by atoms with Crippen molar-refractivity contribution >= 4 is 0 Å². The molecule has 1 atom stereocenters. The van der Waals surface area contributed by atoms with Gasteiger partial charge in [-0.15, -0.1) is 0 Å². The van der Waals surface area contributed by atoms with Crippen LogP contribution in [-0.4, -0.2) is 42.4 Å². The van der Waals surface area contributed by atoms with Crippen LogP contribution < -0.4 is 0 Å². The Kier molecular flexibility index (Phi) is 2.70. The maximum absolute atomic E-state index is 10.6. The molecule has 0 aromatic carbocycles. The molecule has 3 fully saturated rings. The minimum absolute atomic E-state index is 0.0336. The van der Waals surface area contributed by atoms with E-state index >= 15 is 0 Å². The van der Waals surface area contributed by atoms with Gasteiger partial charge in [-0.3, -0.25) is 0 Å². The minimum Gasteiger partial charge on any atom is -0.387 e. The van der Waals surface area contributed by atoms with Crippen molar-refractivity contribution in [2.75, 3.05) is 19.8 Å². The zero-order chi connectivity index (χ0) is 11.1. The Balaban J connectivity index is 1.64. The average molecular weight is 228 g/mol. The molecule has 3 rings (SSSR count). The molecule has 2 heterocycles. The first-order valence-corrected chi connectivity index (χ1v) is 6.34. The van der Waals surface area contributed by atoms with E-state index in [9.17, 15) is 5.11 Å². The van der Waals surface area contributed by atoms with Gasteiger partial charge in [0, 0.05) is 19.4 Å². The Bertz CT molecular complexity index is 244. The van der Waals surface area contributed by atoms with Gasteiger partial charge in [-0.2, -0.15) is 0 Å². The van der Waals surface area contributed by atoms with E-state index in [1.807, 2.05) is 0 Å². The van der Waals surface area contributed by atoms with Crippen molar-refractivity contribution in [3.8, 4) is 0 Å². The molecule has 92 valence electrons. The van der Waals surface area contributed by atoms with E-state index < -0.39 is 5.60 Å². The van der Waals surface area contributed by atoms with Crippen molar-refractivity contribution in [3.63, 3.8) is 0 Å². The summed E-state index contributed by atoms with van der Waals surface area (Å²) in [5, 5.41) is 10.6. The summed E-state index contributed by atoms with van der Waals surface area (Å²) in [6.07, 6.45) is 5.16. The van der Waals surface area contributed by atoms with Crippen molar-refractivity contribution in [1.29, 1.82) is 0 Å². The standard InChI is InChI=1S/C12H20O4/c13-11(10-2-1-7-14-10)3-5-12(6-4-11)15-8-9-16-12/h10,13H,1-9H2. The zero-order valence-corrected chi connectivity index (χ0v) is 9.61. The molecular weight excluding hydrogens is 208 g/mol. The first kappa shape index (κ1) is 11.0. The van der Waals surface area contributed by atoms with Gasteiger partial charge in [0.25, 0.3) is 0 Å². The molecular formula is C12H20O4. The summed E-state index contributed by atoms with van der Waals surface area (Å²) in [5.74, 6) is -0.384. The van der Waals surface area contributed by atoms with E-state index in [-0.39, 0.29) is 11.9 Å². The van der Waals surface area contributed by atoms with Crippen LogP contribution in [0.15, 0.2) is 0 Å². The number of ether oxygens (including phenoxy) is 3. The van der Waals surface area contributed by atoms with Gasteiger partial charge in [0.1, 0.15) is 0 Å². The molecule has 2 saturated heterocycles. The minimum atomic E-state index is -0.642. The molecule has 1 unspecified atom stereocenters. The molecule has 1 aliphatic carbocycles. The predicted molar refractivity (Wildman–Crippen MR) is 57.0 cm³/mol. The maximum atomic E-state index is 10.6. The molecule has 16 heavy (non-hydrogen) atoms. The van der Waals surface area contributed by atoms with Crippen molar-refractivity contribution in [2.24, 2.45) is 0 Å². The molecule has 1 spiro atoms. The molecule has 3 aliphatic rings. The largest absolute Gasteiger partial charge is 0.387 e. The van der Waals surface area contributed by atoms with Crippen LogP contribution in [0.4, 0.5) is 0 Å². The molecule has 0 amide bonds. The topological polar surface area (TPSA) is 47.9 Å². The summed E-state index contributed by atoms with van der Waals surface area (Å²) >= 11 is 0. The average Bonchev–Trinajstić information content (AvgIpc) is 2.96. The summed E-state index contributed by atoms with van der Waals surface area (Å²) in [4.78, 5) is 0. The van der Waals surface area contributed by atoms with Gasteiger partial charge in [0.15, 0.2) is 5.79 Å². The normalized spacial score (nSPS) is 36.9. The van der Waals surface area contributed by atoms with Crippen molar-refractivity contribution < 1.29 is 19.3 Å². The summed E-state index contributed by atoms with van der Waals surface area (Å²) in [6.45, 7) is 2.18. The molecule has 1 saturated carbocycles. The third kappa shape index (κ3) is 1.78. The summed E-state index contributed by atoms with van der Waals surface area (Å²) in [7, 11) is 0. The second-order valence-corrected chi connectivity index (χ2v) is 5.21. The summed E-state index contributed by atoms with van der Waals surface area (Å²) in [6, 6.07) is 0. The third-order valence-electron chi connectivity index (χ3n) is 4.22. The lowest BCUT2D eigenvalue weighted by molar-refractivity contribution is -0.217. The van der Waals surface area contributed by atoms with Crippen molar-refractivity contribution in [2.45, 2.75) is 56.0 Å². The molecule has 0 aromatic heterocycles. The lowest BCUT2D eigenvalue weighted by Gasteiger charge is -2.43. The van der Waals surface area contributed by atoms with Crippen LogP contribution in [-0.2, 0) is 14.2 Å². The molecule has 4 nitrogen and oxygen atoms in total. The monoisotopic (exact) mass is 228 g/mol. The van der Waals surface area contributed by atoms with Crippen LogP contribution in [0.25, 0.3) is 0 Å². The van der Waals surface area contributed by atoms with Crippen LogP contribution in [0, 0.1) is 0 Å². The molecule has 1 N–H and O–H groups in total. The lowest BCUT2D eigenvalue weighted by atomic mass is 9.77. The Hall–Kier alpha value is -0.160. The van der Waals surface area contributed by atoms with E-state index in [1.165, 1.54) is 0 Å². The second-order valence-electron chi connectivity index (χ2n) is 5.21. The van der Waals surface area contributed by atoms with Crippen LogP contribution in [0.3, 0.4) is 0 Å². The number of hydrogen-bond acceptors (Lipinski definition) is 4. The highest BCUT2D eigenvalue weighted by Gasteiger charge is 2.49. The molecule has 2 aliphatic heterocycles. The Morgan fingerprint density at radius 3 is 2.19 bits per heavy atom. The quantitative estimate of drug-likeness (QED) is 0.733. The fraction of sp³-hybridized carbons (Fsp3) is 1.00. The third-order valence-corrected chi connectivity index (χ3v) is 4.22. The van der Waals surface area contributed by atoms with Crippen LogP contribution >= 0.6 is 0 Å². The Morgan fingerprint density at radius 2 is 1.62 bits per heavy atom. The van der Waals surface area contributed by atoms with Crippen molar-refractivity contribution in [1.82, 2.24) is 0 Å². The van der Waals surface area contributed by atoms with Gasteiger partial charge < -0.3 is 19.3 Å². The van der Waals surface area contributed by atoms with E-state index in [4.69, 9.17) is 14.2 Å². The Labute approximate surface area is 95.9 Å². The van der Waals surface area contributed by atoms with Gasteiger partial charge in [-0.1, -0.05) is 0 Å². The van der Waals surface area contributed by atoms with Crippen LogP contribution in [0.5, 0.6) is 0 Å². The highest BCUT2D eigenvalue weighted by Crippen LogP contribution is 2.43. The van der Waals surface area contributed by atoms with Crippen LogP contribution in [0.2, 0.25) is 0 Å². The maximum Gasteiger partial charge on any atom is 0.168 e. The van der Waals surface area contributed by atoms with Crippen LogP contribution in [0.1, 0.15) is 38.5 Å².